The first-order valence-electron chi connectivity index (χ1n) is 8.61. The third-order valence-electron chi connectivity index (χ3n) is 4.58. The van der Waals surface area contributed by atoms with Crippen molar-refractivity contribution in [3.05, 3.63) is 24.0 Å². The van der Waals surface area contributed by atoms with Crippen LogP contribution in [0.15, 0.2) is 18.3 Å². The van der Waals surface area contributed by atoms with Gasteiger partial charge in [0.1, 0.15) is 23.1 Å². The highest BCUT2D eigenvalue weighted by atomic mass is 16.2. The van der Waals surface area contributed by atoms with E-state index < -0.39 is 0 Å². The van der Waals surface area contributed by atoms with Crippen LogP contribution in [0, 0.1) is 5.92 Å². The van der Waals surface area contributed by atoms with E-state index in [9.17, 15) is 4.79 Å². The lowest BCUT2D eigenvalue weighted by atomic mass is 9.99. The van der Waals surface area contributed by atoms with Gasteiger partial charge in [0.05, 0.1) is 11.2 Å². The van der Waals surface area contributed by atoms with Crippen molar-refractivity contribution in [3.63, 3.8) is 0 Å². The Kier molecular flexibility index (Phi) is 4.73. The van der Waals surface area contributed by atoms with Gasteiger partial charge in [-0.3, -0.25) is 9.89 Å². The summed E-state index contributed by atoms with van der Waals surface area (Å²) in [5, 5.41) is 8.56. The zero-order valence-electron chi connectivity index (χ0n) is 15.6. The van der Waals surface area contributed by atoms with E-state index in [2.05, 4.69) is 15.1 Å². The van der Waals surface area contributed by atoms with Gasteiger partial charge in [-0.15, -0.1) is 0 Å². The maximum absolute atomic E-state index is 12.6. The lowest BCUT2D eigenvalue weighted by Gasteiger charge is -2.41. The Balaban J connectivity index is 2.04. The zero-order chi connectivity index (χ0) is 19.0. The number of nitrogens with two attached hydrogens (primary N) is 2. The van der Waals surface area contributed by atoms with Crippen molar-refractivity contribution >= 4 is 28.5 Å². The van der Waals surface area contributed by atoms with Crippen LogP contribution >= 0.6 is 0 Å². The number of likely N-dealkylation sites (N-methyl/N-ethyl adjacent to an activating group) is 1. The number of carbonyl (C=O) groups excluding carboxylic acids is 1. The van der Waals surface area contributed by atoms with Gasteiger partial charge in [-0.2, -0.15) is 5.10 Å². The molecule has 3 rings (SSSR count). The van der Waals surface area contributed by atoms with Crippen molar-refractivity contribution in [1.29, 1.82) is 0 Å². The summed E-state index contributed by atoms with van der Waals surface area (Å²) in [6, 6.07) is 3.58. The number of hydrogen-bond donors (Lipinski definition) is 3. The van der Waals surface area contributed by atoms with Crippen LogP contribution in [0.2, 0.25) is 0 Å². The predicted molar refractivity (Wildman–Crippen MR) is 102 cm³/mol. The topological polar surface area (TPSA) is 120 Å². The largest absolute Gasteiger partial charge is 0.396 e. The van der Waals surface area contributed by atoms with Crippen LogP contribution in [0.25, 0.3) is 16.7 Å². The minimum absolute atomic E-state index is 0.115. The number of H-pyrrole nitrogens is 1. The van der Waals surface area contributed by atoms with E-state index in [4.69, 9.17) is 16.6 Å². The molecular formula is C17H26N8O. The number of carbonyl (C=O) groups is 1. The number of hydrogen-bond acceptors (Lipinski definition) is 7. The number of amides is 1. The number of aromatic nitrogens is 3. The molecule has 0 bridgehead atoms. The average molecular weight is 358 g/mol. The number of fused-ring (bicyclic) bond motifs is 1. The lowest BCUT2D eigenvalue weighted by molar-refractivity contribution is -0.133. The monoisotopic (exact) mass is 358 g/mol. The van der Waals surface area contributed by atoms with E-state index in [1.165, 1.54) is 5.01 Å². The molecule has 1 aliphatic heterocycles. The Hall–Kier alpha value is -2.81. The van der Waals surface area contributed by atoms with Gasteiger partial charge in [0.25, 0.3) is 0 Å². The molecule has 0 spiro atoms. The first kappa shape index (κ1) is 18.0. The minimum atomic E-state index is -0.239. The smallest absolute Gasteiger partial charge is 0.245 e. The third-order valence-corrected chi connectivity index (χ3v) is 4.58. The van der Waals surface area contributed by atoms with Crippen molar-refractivity contribution in [3.8, 4) is 0 Å². The Morgan fingerprint density at radius 1 is 1.42 bits per heavy atom. The van der Waals surface area contributed by atoms with E-state index >= 15 is 0 Å². The van der Waals surface area contributed by atoms with Gasteiger partial charge in [0.15, 0.2) is 0 Å². The van der Waals surface area contributed by atoms with Gasteiger partial charge in [-0.1, -0.05) is 13.8 Å². The molecule has 2 aromatic rings. The van der Waals surface area contributed by atoms with Crippen LogP contribution in [0.1, 0.15) is 19.5 Å². The summed E-state index contributed by atoms with van der Waals surface area (Å²) in [6.45, 7) is 5.50. The van der Waals surface area contributed by atoms with E-state index in [0.717, 1.165) is 17.9 Å². The zero-order valence-corrected chi connectivity index (χ0v) is 15.6. The van der Waals surface area contributed by atoms with Gasteiger partial charge in [0.2, 0.25) is 5.91 Å². The van der Waals surface area contributed by atoms with Crippen LogP contribution in [0.4, 0.5) is 5.82 Å². The van der Waals surface area contributed by atoms with Gasteiger partial charge in [-0.25, -0.2) is 10.8 Å². The molecule has 140 valence electrons. The second kappa shape index (κ2) is 6.83. The molecule has 0 saturated carbocycles. The summed E-state index contributed by atoms with van der Waals surface area (Å²) in [4.78, 5) is 21.3. The Labute approximate surface area is 152 Å². The molecule has 1 fully saturated rings. The molecule has 9 nitrogen and oxygen atoms in total. The number of anilines is 1. The number of rotatable bonds is 4. The van der Waals surface area contributed by atoms with Crippen molar-refractivity contribution in [2.45, 2.75) is 19.9 Å². The molecule has 0 aromatic carbocycles. The van der Waals surface area contributed by atoms with Crippen LogP contribution in [0.5, 0.6) is 0 Å². The number of aromatic amines is 1. The molecule has 1 saturated heterocycles. The molecule has 26 heavy (non-hydrogen) atoms. The van der Waals surface area contributed by atoms with Crippen molar-refractivity contribution < 1.29 is 4.79 Å². The highest BCUT2D eigenvalue weighted by molar-refractivity contribution is 5.89. The van der Waals surface area contributed by atoms with Crippen molar-refractivity contribution in [2.24, 2.45) is 17.5 Å². The molecule has 5 N–H and O–H groups in total. The van der Waals surface area contributed by atoms with Gasteiger partial charge in [-0.05, 0) is 18.1 Å². The lowest BCUT2D eigenvalue weighted by Crippen LogP contribution is -2.58. The molecule has 9 heteroatoms. The third kappa shape index (κ3) is 3.17. The fourth-order valence-electron chi connectivity index (χ4n) is 3.30. The molecule has 2 aromatic heterocycles. The Bertz CT molecular complexity index is 840. The molecule has 1 aliphatic rings. The van der Waals surface area contributed by atoms with Crippen molar-refractivity contribution in [2.75, 3.05) is 32.1 Å². The maximum Gasteiger partial charge on any atom is 0.245 e. The van der Waals surface area contributed by atoms with E-state index in [1.54, 1.807) is 18.1 Å². The summed E-state index contributed by atoms with van der Waals surface area (Å²) in [5.41, 5.74) is 8.49. The Morgan fingerprint density at radius 2 is 2.15 bits per heavy atom. The fourth-order valence-corrected chi connectivity index (χ4v) is 3.30. The van der Waals surface area contributed by atoms with Crippen LogP contribution in [0.3, 0.4) is 0 Å². The molecular weight excluding hydrogens is 332 g/mol. The Morgan fingerprint density at radius 3 is 2.81 bits per heavy atom. The van der Waals surface area contributed by atoms with Crippen molar-refractivity contribution in [1.82, 2.24) is 25.1 Å². The molecule has 1 amide bonds. The average Bonchev–Trinajstić information content (AvgIpc) is 2.99. The quantitative estimate of drug-likeness (QED) is 0.532. The number of pyridine rings is 1. The summed E-state index contributed by atoms with van der Waals surface area (Å²) in [7, 11) is 3.53. The van der Waals surface area contributed by atoms with Crippen LogP contribution in [-0.4, -0.2) is 64.2 Å². The van der Waals surface area contributed by atoms with Gasteiger partial charge < -0.3 is 20.5 Å². The molecule has 0 radical (unpaired) electrons. The van der Waals surface area contributed by atoms with E-state index in [-0.39, 0.29) is 17.9 Å². The summed E-state index contributed by atoms with van der Waals surface area (Å²) in [6.07, 6.45) is 1.58. The highest BCUT2D eigenvalue weighted by Crippen LogP contribution is 2.27. The highest BCUT2D eigenvalue weighted by Gasteiger charge is 2.36. The van der Waals surface area contributed by atoms with Gasteiger partial charge >= 0.3 is 0 Å². The summed E-state index contributed by atoms with van der Waals surface area (Å²) < 4.78 is 0. The standard InChI is InChI=1S/C17H26N8O/c1-10(2)16-17(26)23(3)7-8-25(16)13-6-5-12-15(20-13)14(22-21-12)11(18)9-24(4)19/h5-6,9-10,16H,7-8,18-19H2,1-4H3,(H,21,22)/b11-9-. The predicted octanol–water partition coefficient (Wildman–Crippen LogP) is 0.324. The van der Waals surface area contributed by atoms with E-state index in [0.29, 0.717) is 23.5 Å². The first-order valence-corrected chi connectivity index (χ1v) is 8.61. The molecule has 3 heterocycles. The molecule has 1 unspecified atom stereocenters. The molecule has 1 atom stereocenters. The van der Waals surface area contributed by atoms with Crippen LogP contribution in [-0.2, 0) is 4.79 Å². The summed E-state index contributed by atoms with van der Waals surface area (Å²) >= 11 is 0. The maximum atomic E-state index is 12.6. The number of nitrogens with zero attached hydrogens (tertiary/aromatic N) is 5. The number of hydrazine groups is 1. The summed E-state index contributed by atoms with van der Waals surface area (Å²) in [5.74, 6) is 6.67. The SMILES string of the molecule is CC(C)C1C(=O)N(C)CCN1c1ccc2[nH]nc(/C(N)=C/N(C)N)c2n1. The second-order valence-corrected chi connectivity index (χ2v) is 7.03. The first-order chi connectivity index (χ1) is 12.3. The number of nitrogens with one attached hydrogen (secondary N) is 1. The van der Waals surface area contributed by atoms with Gasteiger partial charge in [0, 0.05) is 33.4 Å². The van der Waals surface area contributed by atoms with E-state index in [1.807, 2.05) is 33.0 Å². The minimum Gasteiger partial charge on any atom is -0.396 e. The molecule has 0 aliphatic carbocycles. The second-order valence-electron chi connectivity index (χ2n) is 7.03. The van der Waals surface area contributed by atoms with Crippen LogP contribution < -0.4 is 16.5 Å². The fraction of sp³-hybridized carbons (Fsp3) is 0.471. The number of piperazine rings is 1. The normalized spacial score (nSPS) is 18.9.